The number of carbonyl (C=O) groups excluding carboxylic acids is 1. The van der Waals surface area contributed by atoms with Gasteiger partial charge >= 0.3 is 0 Å². The Morgan fingerprint density at radius 2 is 1.96 bits per heavy atom. The Hall–Kier alpha value is -2.73. The van der Waals surface area contributed by atoms with E-state index in [2.05, 4.69) is 10.3 Å². The summed E-state index contributed by atoms with van der Waals surface area (Å²) in [6.07, 6.45) is 0. The zero-order valence-corrected chi connectivity index (χ0v) is 14.0. The van der Waals surface area contributed by atoms with Gasteiger partial charge in [-0.15, -0.1) is 11.3 Å². The summed E-state index contributed by atoms with van der Waals surface area (Å²) in [5.74, 6) is 0.109. The first-order valence-electron chi connectivity index (χ1n) is 7.24. The maximum Gasteiger partial charge on any atom is 0.257 e. The van der Waals surface area contributed by atoms with Gasteiger partial charge in [0, 0.05) is 16.5 Å². The summed E-state index contributed by atoms with van der Waals surface area (Å²) >= 11 is 1.32. The van der Waals surface area contributed by atoms with Crippen molar-refractivity contribution in [3.05, 3.63) is 64.8 Å². The van der Waals surface area contributed by atoms with Crippen LogP contribution in [0.25, 0.3) is 11.3 Å². The molecule has 0 aliphatic heterocycles. The number of nitrogens with zero attached hydrogens (tertiary/aromatic N) is 1. The second-order valence-electron chi connectivity index (χ2n) is 5.18. The van der Waals surface area contributed by atoms with Gasteiger partial charge in [0.2, 0.25) is 0 Å². The van der Waals surface area contributed by atoms with Crippen LogP contribution in [0, 0.1) is 12.7 Å². The number of aryl methyl sites for hydroxylation is 1. The summed E-state index contributed by atoms with van der Waals surface area (Å²) in [5.41, 5.74) is 2.94. The molecule has 2 aromatic carbocycles. The molecule has 0 bridgehead atoms. The summed E-state index contributed by atoms with van der Waals surface area (Å²) in [6, 6.07) is 11.3. The van der Waals surface area contributed by atoms with Crippen LogP contribution in [-0.4, -0.2) is 18.0 Å². The normalized spacial score (nSPS) is 10.5. The largest absolute Gasteiger partial charge is 0.496 e. The Balaban J connectivity index is 1.77. The van der Waals surface area contributed by atoms with Crippen molar-refractivity contribution in [3.63, 3.8) is 0 Å². The van der Waals surface area contributed by atoms with Crippen LogP contribution in [0.3, 0.4) is 0 Å². The van der Waals surface area contributed by atoms with Crippen LogP contribution in [0.15, 0.2) is 47.8 Å². The Bertz CT molecular complexity index is 875. The molecular formula is C18H15FN2O2S. The van der Waals surface area contributed by atoms with Crippen molar-refractivity contribution < 1.29 is 13.9 Å². The van der Waals surface area contributed by atoms with E-state index < -0.39 is 0 Å². The summed E-state index contributed by atoms with van der Waals surface area (Å²) in [5, 5.41) is 5.07. The van der Waals surface area contributed by atoms with Crippen molar-refractivity contribution in [1.82, 2.24) is 4.98 Å². The lowest BCUT2D eigenvalue weighted by Crippen LogP contribution is -2.12. The monoisotopic (exact) mass is 342 g/mol. The number of rotatable bonds is 4. The van der Waals surface area contributed by atoms with Crippen LogP contribution in [0.5, 0.6) is 5.75 Å². The van der Waals surface area contributed by atoms with Gasteiger partial charge in [-0.05, 0) is 48.9 Å². The molecule has 0 fully saturated rings. The Morgan fingerprint density at radius 3 is 2.67 bits per heavy atom. The maximum atomic E-state index is 13.0. The van der Waals surface area contributed by atoms with E-state index in [1.807, 2.05) is 18.4 Å². The average molecular weight is 342 g/mol. The van der Waals surface area contributed by atoms with Gasteiger partial charge in [0.05, 0.1) is 12.8 Å². The maximum absolute atomic E-state index is 13.0. The molecule has 3 aromatic rings. The number of amides is 1. The summed E-state index contributed by atoms with van der Waals surface area (Å²) in [4.78, 5) is 16.7. The molecule has 24 heavy (non-hydrogen) atoms. The summed E-state index contributed by atoms with van der Waals surface area (Å²) < 4.78 is 18.2. The molecule has 0 aliphatic carbocycles. The molecule has 0 radical (unpaired) electrons. The molecule has 122 valence electrons. The van der Waals surface area contributed by atoms with E-state index in [9.17, 15) is 9.18 Å². The first kappa shape index (κ1) is 16.1. The third-order valence-corrected chi connectivity index (χ3v) is 4.29. The average Bonchev–Trinajstić information content (AvgIpc) is 3.04. The van der Waals surface area contributed by atoms with Crippen molar-refractivity contribution in [1.29, 1.82) is 0 Å². The lowest BCUT2D eigenvalue weighted by atomic mass is 10.1. The fraction of sp³-hybridized carbons (Fsp3) is 0.111. The number of hydrogen-bond donors (Lipinski definition) is 1. The van der Waals surface area contributed by atoms with Crippen molar-refractivity contribution in [2.45, 2.75) is 6.92 Å². The second-order valence-corrected chi connectivity index (χ2v) is 6.04. The second kappa shape index (κ2) is 6.80. The molecule has 4 nitrogen and oxygen atoms in total. The molecule has 0 saturated carbocycles. The predicted molar refractivity (Wildman–Crippen MR) is 93.2 cm³/mol. The molecule has 0 unspecified atom stereocenters. The van der Waals surface area contributed by atoms with Gasteiger partial charge in [0.25, 0.3) is 5.91 Å². The topological polar surface area (TPSA) is 51.2 Å². The van der Waals surface area contributed by atoms with E-state index >= 15 is 0 Å². The molecule has 0 atom stereocenters. The highest BCUT2D eigenvalue weighted by Crippen LogP contribution is 2.26. The minimum atomic E-state index is -0.296. The van der Waals surface area contributed by atoms with Gasteiger partial charge in [-0.2, -0.15) is 0 Å². The van der Waals surface area contributed by atoms with Gasteiger partial charge in [-0.1, -0.05) is 6.07 Å². The van der Waals surface area contributed by atoms with E-state index in [0.717, 1.165) is 11.1 Å². The van der Waals surface area contributed by atoms with Crippen LogP contribution >= 0.6 is 11.3 Å². The number of thiazole rings is 1. The fourth-order valence-electron chi connectivity index (χ4n) is 2.21. The number of anilines is 1. The molecule has 3 rings (SSSR count). The number of ether oxygens (including phenoxy) is 1. The van der Waals surface area contributed by atoms with Gasteiger partial charge in [0.15, 0.2) is 5.13 Å². The van der Waals surface area contributed by atoms with Crippen molar-refractivity contribution >= 4 is 22.4 Å². The Morgan fingerprint density at radius 1 is 1.21 bits per heavy atom. The molecule has 1 heterocycles. The Kier molecular flexibility index (Phi) is 4.57. The molecule has 0 aliphatic rings. The molecule has 1 aromatic heterocycles. The van der Waals surface area contributed by atoms with Crippen molar-refractivity contribution in [2.75, 3.05) is 12.4 Å². The minimum Gasteiger partial charge on any atom is -0.496 e. The van der Waals surface area contributed by atoms with Gasteiger partial charge in [-0.3, -0.25) is 10.1 Å². The number of hydrogen-bond acceptors (Lipinski definition) is 4. The van der Waals surface area contributed by atoms with Crippen LogP contribution < -0.4 is 10.1 Å². The fourth-order valence-corrected chi connectivity index (χ4v) is 2.93. The first-order chi connectivity index (χ1) is 11.6. The number of aromatic nitrogens is 1. The highest BCUT2D eigenvalue weighted by molar-refractivity contribution is 7.14. The molecule has 1 N–H and O–H groups in total. The quantitative estimate of drug-likeness (QED) is 0.758. The first-order valence-corrected chi connectivity index (χ1v) is 8.12. The van der Waals surface area contributed by atoms with Crippen molar-refractivity contribution in [2.24, 2.45) is 0 Å². The highest BCUT2D eigenvalue weighted by Gasteiger charge is 2.12. The number of nitrogens with one attached hydrogen (secondary N) is 1. The molecule has 1 amide bonds. The predicted octanol–water partition coefficient (Wildman–Crippen LogP) is 4.52. The number of carbonyl (C=O) groups is 1. The lowest BCUT2D eigenvalue weighted by Gasteiger charge is -2.07. The van der Waals surface area contributed by atoms with Gasteiger partial charge < -0.3 is 4.74 Å². The van der Waals surface area contributed by atoms with E-state index in [1.54, 1.807) is 31.4 Å². The minimum absolute atomic E-state index is 0.256. The number of methoxy groups -OCH3 is 1. The number of benzene rings is 2. The van der Waals surface area contributed by atoms with Gasteiger partial charge in [0.1, 0.15) is 11.6 Å². The van der Waals surface area contributed by atoms with Crippen LogP contribution in [0.4, 0.5) is 9.52 Å². The van der Waals surface area contributed by atoms with E-state index in [0.29, 0.717) is 22.1 Å². The third-order valence-electron chi connectivity index (χ3n) is 3.53. The molecule has 0 spiro atoms. The number of halogens is 1. The van der Waals surface area contributed by atoms with E-state index in [-0.39, 0.29) is 11.7 Å². The molecule has 6 heteroatoms. The van der Waals surface area contributed by atoms with Crippen molar-refractivity contribution in [3.8, 4) is 17.0 Å². The third kappa shape index (κ3) is 3.44. The van der Waals surface area contributed by atoms with Crippen LogP contribution in [-0.2, 0) is 0 Å². The SMILES string of the molecule is COc1cc(C(=O)Nc2nc(-c3ccc(F)cc3)cs2)ccc1C. The van der Waals surface area contributed by atoms with Gasteiger partial charge in [-0.25, -0.2) is 9.37 Å². The Labute approximate surface area is 142 Å². The summed E-state index contributed by atoms with van der Waals surface area (Å²) in [6.45, 7) is 1.91. The van der Waals surface area contributed by atoms with E-state index in [4.69, 9.17) is 4.74 Å². The van der Waals surface area contributed by atoms with Crippen LogP contribution in [0.1, 0.15) is 15.9 Å². The molecule has 0 saturated heterocycles. The smallest absolute Gasteiger partial charge is 0.257 e. The zero-order chi connectivity index (χ0) is 17.1. The standard InChI is InChI=1S/C18H15FN2O2S/c1-11-3-4-13(9-16(11)23-2)17(22)21-18-20-15(10-24-18)12-5-7-14(19)8-6-12/h3-10H,1-2H3,(H,20,21,22). The van der Waals surface area contributed by atoms with Crippen LogP contribution in [0.2, 0.25) is 0 Å². The lowest BCUT2D eigenvalue weighted by molar-refractivity contribution is 0.102. The zero-order valence-electron chi connectivity index (χ0n) is 13.2. The molecular weight excluding hydrogens is 327 g/mol. The highest BCUT2D eigenvalue weighted by atomic mass is 32.1. The van der Waals surface area contributed by atoms with E-state index in [1.165, 1.54) is 23.5 Å². The summed E-state index contributed by atoms with van der Waals surface area (Å²) in [7, 11) is 1.57.